The normalized spacial score (nSPS) is 13.2. The Morgan fingerprint density at radius 2 is 1.81 bits per heavy atom. The Morgan fingerprint density at radius 3 is 2.33 bits per heavy atom. The van der Waals surface area contributed by atoms with Crippen molar-refractivity contribution < 1.29 is 27.4 Å². The third-order valence-electron chi connectivity index (χ3n) is 2.95. The molecule has 114 valence electrons. The number of aryl methyl sites for hydroxylation is 1. The van der Waals surface area contributed by atoms with E-state index in [4.69, 9.17) is 4.42 Å². The molecule has 1 aromatic carbocycles. The smallest absolute Gasteiger partial charge is 0.463 e. The van der Waals surface area contributed by atoms with Crippen molar-refractivity contribution in [3.8, 4) is 5.75 Å². The number of aliphatic hydroxyl groups excluding tert-OH is 1. The van der Waals surface area contributed by atoms with Gasteiger partial charge in [-0.3, -0.25) is 0 Å². The highest BCUT2D eigenvalue weighted by atomic mass is 19.4. The number of ether oxygens (including phenoxy) is 1. The zero-order valence-electron chi connectivity index (χ0n) is 11.4. The van der Waals surface area contributed by atoms with Crippen molar-refractivity contribution >= 4 is 0 Å². The fourth-order valence-electron chi connectivity index (χ4n) is 1.91. The molecule has 0 radical (unpaired) electrons. The minimum Gasteiger partial charge on any atom is -0.463 e. The molecule has 0 aliphatic heterocycles. The first-order chi connectivity index (χ1) is 9.87. The number of hydrogen-bond donors (Lipinski definition) is 1. The van der Waals surface area contributed by atoms with Gasteiger partial charge >= 0.3 is 6.36 Å². The van der Waals surface area contributed by atoms with E-state index in [0.29, 0.717) is 11.3 Å². The summed E-state index contributed by atoms with van der Waals surface area (Å²) in [4.78, 5) is 0. The molecule has 0 amide bonds. The van der Waals surface area contributed by atoms with Crippen LogP contribution in [0.1, 0.15) is 30.1 Å². The molecule has 6 heteroatoms. The van der Waals surface area contributed by atoms with Gasteiger partial charge in [-0.25, -0.2) is 0 Å². The van der Waals surface area contributed by atoms with Gasteiger partial charge in [0, 0.05) is 12.8 Å². The Hall–Kier alpha value is -1.95. The van der Waals surface area contributed by atoms with Gasteiger partial charge in [0.1, 0.15) is 23.4 Å². The van der Waals surface area contributed by atoms with Crippen LogP contribution in [0.3, 0.4) is 0 Å². The van der Waals surface area contributed by atoms with E-state index in [1.54, 1.807) is 12.1 Å². The van der Waals surface area contributed by atoms with E-state index in [2.05, 4.69) is 4.74 Å². The van der Waals surface area contributed by atoms with Crippen molar-refractivity contribution in [2.45, 2.75) is 32.2 Å². The molecule has 0 fully saturated rings. The van der Waals surface area contributed by atoms with E-state index < -0.39 is 12.5 Å². The van der Waals surface area contributed by atoms with Gasteiger partial charge in [0.15, 0.2) is 0 Å². The monoisotopic (exact) mass is 300 g/mol. The fraction of sp³-hybridized carbons (Fsp3) is 0.333. The molecular weight excluding hydrogens is 285 g/mol. The molecule has 1 unspecified atom stereocenters. The number of alkyl halides is 3. The largest absolute Gasteiger partial charge is 0.573 e. The summed E-state index contributed by atoms with van der Waals surface area (Å²) in [6.45, 7) is 1.94. The summed E-state index contributed by atoms with van der Waals surface area (Å²) in [5.74, 6) is 0.937. The second-order valence-corrected chi connectivity index (χ2v) is 4.57. The van der Waals surface area contributed by atoms with Gasteiger partial charge in [0.05, 0.1) is 0 Å². The van der Waals surface area contributed by atoms with Crippen molar-refractivity contribution in [1.82, 2.24) is 0 Å². The molecule has 0 bridgehead atoms. The average molecular weight is 300 g/mol. The Morgan fingerprint density at radius 1 is 1.14 bits per heavy atom. The van der Waals surface area contributed by atoms with E-state index in [9.17, 15) is 18.3 Å². The van der Waals surface area contributed by atoms with Crippen molar-refractivity contribution in [2.24, 2.45) is 0 Å². The van der Waals surface area contributed by atoms with Crippen molar-refractivity contribution in [3.63, 3.8) is 0 Å². The van der Waals surface area contributed by atoms with E-state index >= 15 is 0 Å². The minimum atomic E-state index is -4.70. The predicted octanol–water partition coefficient (Wildman–Crippen LogP) is 4.02. The highest BCUT2D eigenvalue weighted by Crippen LogP contribution is 2.25. The van der Waals surface area contributed by atoms with Crippen molar-refractivity contribution in [1.29, 1.82) is 0 Å². The number of halogens is 3. The van der Waals surface area contributed by atoms with Crippen LogP contribution in [0.5, 0.6) is 5.75 Å². The quantitative estimate of drug-likeness (QED) is 0.907. The molecular formula is C15H15F3O3. The van der Waals surface area contributed by atoms with Crippen LogP contribution in [0.2, 0.25) is 0 Å². The minimum absolute atomic E-state index is 0.253. The van der Waals surface area contributed by atoms with Crippen molar-refractivity contribution in [3.05, 3.63) is 53.5 Å². The number of furan rings is 1. The Labute approximate surface area is 120 Å². The number of rotatable bonds is 5. The maximum Gasteiger partial charge on any atom is 0.573 e. The van der Waals surface area contributed by atoms with Gasteiger partial charge in [0.25, 0.3) is 0 Å². The Bertz CT molecular complexity index is 573. The molecule has 2 aromatic rings. The summed E-state index contributed by atoms with van der Waals surface area (Å²) >= 11 is 0. The third kappa shape index (κ3) is 4.53. The molecule has 3 nitrogen and oxygen atoms in total. The predicted molar refractivity (Wildman–Crippen MR) is 69.9 cm³/mol. The summed E-state index contributed by atoms with van der Waals surface area (Å²) in [5, 5.41) is 10.0. The summed E-state index contributed by atoms with van der Waals surface area (Å²) in [6, 6.07) is 8.88. The SMILES string of the molecule is CCc1ccc(C(O)Cc2ccc(OC(F)(F)F)cc2)o1. The van der Waals surface area contributed by atoms with Crippen LogP contribution in [0.25, 0.3) is 0 Å². The van der Waals surface area contributed by atoms with E-state index in [1.165, 1.54) is 24.3 Å². The van der Waals surface area contributed by atoms with Crippen molar-refractivity contribution in [2.75, 3.05) is 0 Å². The second-order valence-electron chi connectivity index (χ2n) is 4.57. The summed E-state index contributed by atoms with van der Waals surface area (Å²) in [6.07, 6.45) is -4.55. The molecule has 0 aliphatic rings. The topological polar surface area (TPSA) is 42.6 Å². The van der Waals surface area contributed by atoms with Crippen LogP contribution >= 0.6 is 0 Å². The summed E-state index contributed by atoms with van der Waals surface area (Å²) in [7, 11) is 0. The molecule has 2 rings (SSSR count). The summed E-state index contributed by atoms with van der Waals surface area (Å²) < 4.78 is 45.3. The highest BCUT2D eigenvalue weighted by Gasteiger charge is 2.30. The van der Waals surface area contributed by atoms with Crippen LogP contribution in [0.4, 0.5) is 13.2 Å². The maximum atomic E-state index is 12.0. The standard InChI is InChI=1S/C15H15F3O3/c1-2-11-7-8-14(20-11)13(19)9-10-3-5-12(6-4-10)21-15(16,17)18/h3-8,13,19H,2,9H2,1H3. The highest BCUT2D eigenvalue weighted by molar-refractivity contribution is 5.28. The van der Waals surface area contributed by atoms with Gasteiger partial charge < -0.3 is 14.3 Å². The Kier molecular flexibility index (Phi) is 4.57. The molecule has 1 aromatic heterocycles. The Balaban J connectivity index is 1.99. The zero-order chi connectivity index (χ0) is 15.5. The van der Waals surface area contributed by atoms with Crippen LogP contribution < -0.4 is 4.74 Å². The van der Waals surface area contributed by atoms with Gasteiger partial charge in [-0.2, -0.15) is 0 Å². The van der Waals surface area contributed by atoms with Gasteiger partial charge in [0.2, 0.25) is 0 Å². The number of benzene rings is 1. The lowest BCUT2D eigenvalue weighted by Gasteiger charge is -2.11. The van der Waals surface area contributed by atoms with Crippen LogP contribution in [-0.2, 0) is 12.8 Å². The first-order valence-corrected chi connectivity index (χ1v) is 6.48. The van der Waals surface area contributed by atoms with E-state index in [1.807, 2.05) is 6.92 Å². The second kappa shape index (κ2) is 6.22. The zero-order valence-corrected chi connectivity index (χ0v) is 11.4. The molecule has 0 saturated carbocycles. The average Bonchev–Trinajstić information content (AvgIpc) is 2.88. The molecule has 1 N–H and O–H groups in total. The molecule has 1 heterocycles. The fourth-order valence-corrected chi connectivity index (χ4v) is 1.91. The summed E-state index contributed by atoms with van der Waals surface area (Å²) in [5.41, 5.74) is 0.687. The van der Waals surface area contributed by atoms with Gasteiger partial charge in [-0.05, 0) is 29.8 Å². The maximum absolute atomic E-state index is 12.0. The lowest BCUT2D eigenvalue weighted by atomic mass is 10.1. The third-order valence-corrected chi connectivity index (χ3v) is 2.95. The van der Waals surface area contributed by atoms with Gasteiger partial charge in [-0.15, -0.1) is 13.2 Å². The first-order valence-electron chi connectivity index (χ1n) is 6.48. The molecule has 0 spiro atoms. The van der Waals surface area contributed by atoms with Crippen LogP contribution in [-0.4, -0.2) is 11.5 Å². The van der Waals surface area contributed by atoms with Crippen LogP contribution in [0, 0.1) is 0 Å². The van der Waals surface area contributed by atoms with E-state index in [0.717, 1.165) is 12.2 Å². The molecule has 0 aliphatic carbocycles. The van der Waals surface area contributed by atoms with Gasteiger partial charge in [-0.1, -0.05) is 19.1 Å². The number of aliphatic hydroxyl groups is 1. The lowest BCUT2D eigenvalue weighted by molar-refractivity contribution is -0.274. The van der Waals surface area contributed by atoms with E-state index in [-0.39, 0.29) is 12.2 Å². The molecule has 0 saturated heterocycles. The van der Waals surface area contributed by atoms with Crippen LogP contribution in [0.15, 0.2) is 40.8 Å². The molecule has 1 atom stereocenters. The lowest BCUT2D eigenvalue weighted by Crippen LogP contribution is -2.17. The molecule has 21 heavy (non-hydrogen) atoms. The first kappa shape index (κ1) is 15.4. The number of hydrogen-bond acceptors (Lipinski definition) is 3.